The van der Waals surface area contributed by atoms with Crippen LogP contribution in [0.4, 0.5) is 16.2 Å². The summed E-state index contributed by atoms with van der Waals surface area (Å²) in [6.07, 6.45) is 0. The van der Waals surface area contributed by atoms with E-state index in [9.17, 15) is 9.90 Å². The molecule has 4 heteroatoms. The standard InChI is InChI=1S/C15H14N2O2/c16-15(19)17-13-7-3-1-5-10(13)12(9-18)11-6-2-4-8-14(11)17/h1-8,12,18H,9H2,(H2,16,19). The molecule has 1 heterocycles. The van der Waals surface area contributed by atoms with Crippen LogP contribution in [0, 0.1) is 0 Å². The fourth-order valence-electron chi connectivity index (χ4n) is 2.70. The Morgan fingerprint density at radius 1 is 1.05 bits per heavy atom. The van der Waals surface area contributed by atoms with Gasteiger partial charge in [0.15, 0.2) is 0 Å². The average molecular weight is 254 g/mol. The number of carbonyl (C=O) groups is 1. The van der Waals surface area contributed by atoms with Crippen LogP contribution in [0.3, 0.4) is 0 Å². The number of benzene rings is 2. The van der Waals surface area contributed by atoms with E-state index in [1.807, 2.05) is 48.5 Å². The van der Waals surface area contributed by atoms with Crippen molar-refractivity contribution in [2.24, 2.45) is 5.73 Å². The number of urea groups is 1. The summed E-state index contributed by atoms with van der Waals surface area (Å²) >= 11 is 0. The summed E-state index contributed by atoms with van der Waals surface area (Å²) in [7, 11) is 0. The molecule has 2 aromatic rings. The van der Waals surface area contributed by atoms with Crippen LogP contribution in [-0.4, -0.2) is 17.7 Å². The van der Waals surface area contributed by atoms with E-state index in [1.54, 1.807) is 0 Å². The Hall–Kier alpha value is -2.33. The number of primary amides is 1. The predicted molar refractivity (Wildman–Crippen MR) is 73.5 cm³/mol. The molecule has 0 aliphatic carbocycles. The van der Waals surface area contributed by atoms with Gasteiger partial charge in [0.2, 0.25) is 0 Å². The van der Waals surface area contributed by atoms with Gasteiger partial charge in [-0.1, -0.05) is 36.4 Å². The molecule has 0 spiro atoms. The number of para-hydroxylation sites is 2. The minimum atomic E-state index is -0.517. The number of nitrogens with two attached hydrogens (primary N) is 1. The molecule has 0 fully saturated rings. The van der Waals surface area contributed by atoms with Crippen LogP contribution in [-0.2, 0) is 0 Å². The maximum Gasteiger partial charge on any atom is 0.323 e. The first-order valence-electron chi connectivity index (χ1n) is 6.12. The highest BCUT2D eigenvalue weighted by Crippen LogP contribution is 2.44. The molecule has 0 aromatic heterocycles. The van der Waals surface area contributed by atoms with Crippen molar-refractivity contribution in [2.45, 2.75) is 5.92 Å². The number of rotatable bonds is 1. The maximum atomic E-state index is 11.8. The van der Waals surface area contributed by atoms with Gasteiger partial charge in [-0.3, -0.25) is 4.90 Å². The summed E-state index contributed by atoms with van der Waals surface area (Å²) in [6.45, 7) is 0.000624. The van der Waals surface area contributed by atoms with Gasteiger partial charge in [-0.2, -0.15) is 0 Å². The fraction of sp³-hybridized carbons (Fsp3) is 0.133. The van der Waals surface area contributed by atoms with E-state index in [0.717, 1.165) is 22.5 Å². The monoisotopic (exact) mass is 254 g/mol. The van der Waals surface area contributed by atoms with E-state index >= 15 is 0 Å². The molecule has 2 amide bonds. The van der Waals surface area contributed by atoms with Gasteiger partial charge in [0, 0.05) is 5.92 Å². The Morgan fingerprint density at radius 3 is 1.95 bits per heavy atom. The molecule has 3 N–H and O–H groups in total. The summed E-state index contributed by atoms with van der Waals surface area (Å²) in [6, 6.07) is 14.5. The first kappa shape index (κ1) is 11.7. The van der Waals surface area contributed by atoms with Crippen LogP contribution in [0.15, 0.2) is 48.5 Å². The molecule has 19 heavy (non-hydrogen) atoms. The summed E-state index contributed by atoms with van der Waals surface area (Å²) in [5.41, 5.74) is 8.83. The Bertz CT molecular complexity index is 592. The zero-order valence-electron chi connectivity index (χ0n) is 10.3. The molecule has 3 rings (SSSR count). The molecule has 4 nitrogen and oxygen atoms in total. The minimum absolute atomic E-state index is 0.000624. The highest BCUT2D eigenvalue weighted by molar-refractivity contribution is 6.01. The molecule has 0 bridgehead atoms. The number of aliphatic hydroxyl groups excluding tert-OH is 1. The van der Waals surface area contributed by atoms with Gasteiger partial charge in [0.1, 0.15) is 0 Å². The van der Waals surface area contributed by atoms with Crippen LogP contribution in [0.2, 0.25) is 0 Å². The Morgan fingerprint density at radius 2 is 1.53 bits per heavy atom. The second kappa shape index (κ2) is 4.40. The maximum absolute atomic E-state index is 11.8. The minimum Gasteiger partial charge on any atom is -0.395 e. The van der Waals surface area contributed by atoms with Crippen LogP contribution >= 0.6 is 0 Å². The molecule has 96 valence electrons. The van der Waals surface area contributed by atoms with Crippen molar-refractivity contribution < 1.29 is 9.90 Å². The second-order valence-corrected chi connectivity index (χ2v) is 4.53. The first-order valence-corrected chi connectivity index (χ1v) is 6.12. The van der Waals surface area contributed by atoms with Crippen molar-refractivity contribution in [3.63, 3.8) is 0 Å². The molecule has 0 radical (unpaired) electrons. The highest BCUT2D eigenvalue weighted by Gasteiger charge is 2.31. The predicted octanol–water partition coefficient (Wildman–Crippen LogP) is 2.34. The SMILES string of the molecule is NC(=O)N1c2ccccc2C(CO)c2ccccc21. The van der Waals surface area contributed by atoms with E-state index in [4.69, 9.17) is 5.73 Å². The van der Waals surface area contributed by atoms with E-state index in [0.29, 0.717) is 0 Å². The lowest BCUT2D eigenvalue weighted by Crippen LogP contribution is -2.36. The van der Waals surface area contributed by atoms with Crippen LogP contribution in [0.25, 0.3) is 0 Å². The quantitative estimate of drug-likeness (QED) is 0.820. The third kappa shape index (κ3) is 1.69. The number of amides is 2. The molecule has 0 atom stereocenters. The molecule has 2 aromatic carbocycles. The van der Waals surface area contributed by atoms with Gasteiger partial charge >= 0.3 is 6.03 Å². The lowest BCUT2D eigenvalue weighted by atomic mass is 9.85. The smallest absolute Gasteiger partial charge is 0.323 e. The molecular formula is C15H14N2O2. The molecule has 0 unspecified atom stereocenters. The second-order valence-electron chi connectivity index (χ2n) is 4.53. The average Bonchev–Trinajstić information content (AvgIpc) is 2.44. The van der Waals surface area contributed by atoms with E-state index < -0.39 is 6.03 Å². The number of fused-ring (bicyclic) bond motifs is 2. The fourth-order valence-corrected chi connectivity index (χ4v) is 2.70. The number of carbonyl (C=O) groups excluding carboxylic acids is 1. The Balaban J connectivity index is 2.29. The number of nitrogens with zero attached hydrogens (tertiary/aromatic N) is 1. The van der Waals surface area contributed by atoms with Crippen molar-refractivity contribution in [3.8, 4) is 0 Å². The number of anilines is 2. The Labute approximate surface area is 111 Å². The van der Waals surface area contributed by atoms with Crippen molar-refractivity contribution >= 4 is 17.4 Å². The van der Waals surface area contributed by atoms with Gasteiger partial charge in [-0.05, 0) is 23.3 Å². The van der Waals surface area contributed by atoms with E-state index in [-0.39, 0.29) is 12.5 Å². The lowest BCUT2D eigenvalue weighted by molar-refractivity contribution is 0.255. The van der Waals surface area contributed by atoms with Crippen molar-refractivity contribution in [2.75, 3.05) is 11.5 Å². The van der Waals surface area contributed by atoms with Crippen molar-refractivity contribution in [1.82, 2.24) is 0 Å². The molecule has 1 aliphatic heterocycles. The van der Waals surface area contributed by atoms with Gasteiger partial charge in [-0.15, -0.1) is 0 Å². The third-order valence-corrected chi connectivity index (χ3v) is 3.51. The molecule has 0 saturated heterocycles. The highest BCUT2D eigenvalue weighted by atomic mass is 16.3. The molecule has 1 aliphatic rings. The first-order chi connectivity index (χ1) is 9.24. The van der Waals surface area contributed by atoms with Gasteiger partial charge < -0.3 is 10.8 Å². The summed E-state index contributed by atoms with van der Waals surface area (Å²) in [5.74, 6) is -0.122. The molecule has 0 saturated carbocycles. The van der Waals surface area contributed by atoms with Crippen molar-refractivity contribution in [3.05, 3.63) is 59.7 Å². The van der Waals surface area contributed by atoms with Gasteiger partial charge in [0.05, 0.1) is 18.0 Å². The normalized spacial score (nSPS) is 13.8. The number of aliphatic hydroxyl groups is 1. The van der Waals surface area contributed by atoms with Crippen LogP contribution in [0.1, 0.15) is 17.0 Å². The zero-order valence-corrected chi connectivity index (χ0v) is 10.3. The summed E-state index contributed by atoms with van der Waals surface area (Å²) in [4.78, 5) is 13.3. The van der Waals surface area contributed by atoms with E-state index in [2.05, 4.69) is 0 Å². The largest absolute Gasteiger partial charge is 0.395 e. The van der Waals surface area contributed by atoms with E-state index in [1.165, 1.54) is 4.90 Å². The number of hydrogen-bond acceptors (Lipinski definition) is 2. The topological polar surface area (TPSA) is 66.6 Å². The van der Waals surface area contributed by atoms with Crippen molar-refractivity contribution in [1.29, 1.82) is 0 Å². The van der Waals surface area contributed by atoms with Gasteiger partial charge in [0.25, 0.3) is 0 Å². The van der Waals surface area contributed by atoms with Crippen LogP contribution in [0.5, 0.6) is 0 Å². The zero-order chi connectivity index (χ0) is 13.4. The Kier molecular flexibility index (Phi) is 2.72. The third-order valence-electron chi connectivity index (χ3n) is 3.51. The lowest BCUT2D eigenvalue weighted by Gasteiger charge is -2.34. The van der Waals surface area contributed by atoms with Gasteiger partial charge in [-0.25, -0.2) is 4.79 Å². The van der Waals surface area contributed by atoms with Crippen LogP contribution < -0.4 is 10.6 Å². The molecular weight excluding hydrogens is 240 g/mol. The summed E-state index contributed by atoms with van der Waals surface area (Å²) in [5, 5.41) is 9.67. The number of hydrogen-bond donors (Lipinski definition) is 2. The summed E-state index contributed by atoms with van der Waals surface area (Å²) < 4.78 is 0.